The molecule has 78 valence electrons. The summed E-state index contributed by atoms with van der Waals surface area (Å²) in [5, 5.41) is 0. The first-order valence-corrected chi connectivity index (χ1v) is 5.60. The fourth-order valence-corrected chi connectivity index (χ4v) is 1.29. The van der Waals surface area contributed by atoms with Crippen LogP contribution in [0.15, 0.2) is 11.8 Å². The summed E-state index contributed by atoms with van der Waals surface area (Å²) in [5.74, 6) is 1.08. The molecule has 0 unspecified atom stereocenters. The van der Waals surface area contributed by atoms with Crippen LogP contribution in [0.5, 0.6) is 0 Å². The first-order valence-electron chi connectivity index (χ1n) is 5.60. The molecule has 0 bridgehead atoms. The Balaban J connectivity index is 3.11. The zero-order chi connectivity index (χ0) is 9.94. The molecule has 0 atom stereocenters. The molecule has 0 aromatic rings. The molecule has 0 aliphatic rings. The summed E-state index contributed by atoms with van der Waals surface area (Å²) in [6, 6.07) is 0. The monoisotopic (exact) mass is 184 g/mol. The van der Waals surface area contributed by atoms with Gasteiger partial charge in [-0.05, 0) is 25.8 Å². The minimum atomic E-state index is 0.895. The van der Waals surface area contributed by atoms with Crippen molar-refractivity contribution in [1.82, 2.24) is 0 Å². The van der Waals surface area contributed by atoms with E-state index in [9.17, 15) is 0 Å². The molecule has 0 N–H and O–H groups in total. The van der Waals surface area contributed by atoms with Crippen LogP contribution in [0.1, 0.15) is 59.3 Å². The lowest BCUT2D eigenvalue weighted by Crippen LogP contribution is -1.92. The van der Waals surface area contributed by atoms with Crippen molar-refractivity contribution in [3.8, 4) is 0 Å². The maximum Gasteiger partial charge on any atom is 0.0888 e. The molecule has 13 heavy (non-hydrogen) atoms. The van der Waals surface area contributed by atoms with Crippen LogP contribution >= 0.6 is 0 Å². The fourth-order valence-electron chi connectivity index (χ4n) is 1.29. The third-order valence-electron chi connectivity index (χ3n) is 2.07. The molecule has 0 heterocycles. The van der Waals surface area contributed by atoms with Crippen molar-refractivity contribution in [3.63, 3.8) is 0 Å². The van der Waals surface area contributed by atoms with Gasteiger partial charge in [0.2, 0.25) is 0 Å². The molecule has 0 saturated carbocycles. The average Bonchev–Trinajstić information content (AvgIpc) is 2.11. The van der Waals surface area contributed by atoms with Crippen molar-refractivity contribution in [2.75, 3.05) is 6.61 Å². The molecule has 1 heteroatoms. The highest BCUT2D eigenvalue weighted by Gasteiger charge is 1.90. The summed E-state index contributed by atoms with van der Waals surface area (Å²) in [5.41, 5.74) is 0. The molecule has 0 amide bonds. The summed E-state index contributed by atoms with van der Waals surface area (Å²) < 4.78 is 5.52. The zero-order valence-electron chi connectivity index (χ0n) is 9.44. The van der Waals surface area contributed by atoms with Gasteiger partial charge in [-0.25, -0.2) is 0 Å². The second kappa shape index (κ2) is 9.63. The Morgan fingerprint density at radius 3 is 2.38 bits per heavy atom. The Hall–Kier alpha value is -0.460. The Labute approximate surface area is 83.2 Å². The molecule has 0 spiro atoms. The van der Waals surface area contributed by atoms with Gasteiger partial charge in [0.15, 0.2) is 0 Å². The number of unbranched alkanes of at least 4 members (excludes halogenated alkanes) is 4. The van der Waals surface area contributed by atoms with Gasteiger partial charge in [0.1, 0.15) is 0 Å². The first kappa shape index (κ1) is 12.5. The lowest BCUT2D eigenvalue weighted by Gasteiger charge is -2.05. The lowest BCUT2D eigenvalue weighted by atomic mass is 10.2. The van der Waals surface area contributed by atoms with E-state index >= 15 is 0 Å². The highest BCUT2D eigenvalue weighted by Crippen LogP contribution is 2.04. The van der Waals surface area contributed by atoms with E-state index in [1.165, 1.54) is 32.1 Å². The fraction of sp³-hybridized carbons (Fsp3) is 0.833. The summed E-state index contributed by atoms with van der Waals surface area (Å²) in [6.07, 6.45) is 9.76. The molecule has 0 fully saturated rings. The van der Waals surface area contributed by atoms with E-state index in [0.29, 0.717) is 0 Å². The van der Waals surface area contributed by atoms with Crippen molar-refractivity contribution in [3.05, 3.63) is 11.8 Å². The Morgan fingerprint density at radius 1 is 1.08 bits per heavy atom. The number of ether oxygens (including phenoxy) is 1. The summed E-state index contributed by atoms with van der Waals surface area (Å²) in [6.45, 7) is 7.31. The summed E-state index contributed by atoms with van der Waals surface area (Å²) >= 11 is 0. The Morgan fingerprint density at radius 2 is 1.77 bits per heavy atom. The molecule has 0 aromatic carbocycles. The van der Waals surface area contributed by atoms with Crippen LogP contribution in [0.4, 0.5) is 0 Å². The van der Waals surface area contributed by atoms with Gasteiger partial charge in [-0.2, -0.15) is 0 Å². The van der Waals surface area contributed by atoms with Crippen LogP contribution in [-0.2, 0) is 4.74 Å². The van der Waals surface area contributed by atoms with Crippen molar-refractivity contribution >= 4 is 0 Å². The minimum absolute atomic E-state index is 0.895. The van der Waals surface area contributed by atoms with Gasteiger partial charge in [0, 0.05) is 0 Å². The average molecular weight is 184 g/mol. The number of hydrogen-bond donors (Lipinski definition) is 0. The van der Waals surface area contributed by atoms with Crippen LogP contribution in [0.3, 0.4) is 0 Å². The van der Waals surface area contributed by atoms with Crippen molar-refractivity contribution < 1.29 is 4.74 Å². The zero-order valence-corrected chi connectivity index (χ0v) is 9.44. The van der Waals surface area contributed by atoms with E-state index in [4.69, 9.17) is 4.74 Å². The predicted octanol–water partition coefficient (Wildman–Crippen LogP) is 4.29. The third kappa shape index (κ3) is 9.45. The Bertz CT molecular complexity index is 127. The van der Waals surface area contributed by atoms with Gasteiger partial charge < -0.3 is 4.74 Å². The van der Waals surface area contributed by atoms with E-state index in [1.807, 2.05) is 6.92 Å². The predicted molar refractivity (Wildman–Crippen MR) is 58.8 cm³/mol. The molecule has 0 rings (SSSR count). The second-order valence-corrected chi connectivity index (χ2v) is 3.49. The van der Waals surface area contributed by atoms with Gasteiger partial charge in [-0.15, -0.1) is 0 Å². The van der Waals surface area contributed by atoms with Crippen LogP contribution in [-0.4, -0.2) is 6.61 Å². The van der Waals surface area contributed by atoms with E-state index < -0.39 is 0 Å². The molecule has 0 radical (unpaired) electrons. The summed E-state index contributed by atoms with van der Waals surface area (Å²) in [7, 11) is 0. The van der Waals surface area contributed by atoms with E-state index in [2.05, 4.69) is 19.9 Å². The highest BCUT2D eigenvalue weighted by atomic mass is 16.5. The van der Waals surface area contributed by atoms with Crippen LogP contribution in [0, 0.1) is 0 Å². The van der Waals surface area contributed by atoms with Crippen LogP contribution in [0.25, 0.3) is 0 Å². The molecular weight excluding hydrogens is 160 g/mol. The number of hydrogen-bond acceptors (Lipinski definition) is 1. The normalized spacial score (nSPS) is 11.8. The highest BCUT2D eigenvalue weighted by molar-refractivity contribution is 4.86. The van der Waals surface area contributed by atoms with E-state index in [0.717, 1.165) is 18.8 Å². The van der Waals surface area contributed by atoms with Crippen molar-refractivity contribution in [1.29, 1.82) is 0 Å². The first-order chi connectivity index (χ1) is 6.31. The van der Waals surface area contributed by atoms with Crippen molar-refractivity contribution in [2.24, 2.45) is 0 Å². The van der Waals surface area contributed by atoms with Crippen molar-refractivity contribution in [2.45, 2.75) is 59.3 Å². The molecule has 0 aromatic heterocycles. The van der Waals surface area contributed by atoms with E-state index in [-0.39, 0.29) is 0 Å². The topological polar surface area (TPSA) is 9.23 Å². The molecule has 1 nitrogen and oxygen atoms in total. The van der Waals surface area contributed by atoms with E-state index in [1.54, 1.807) is 0 Å². The molecule has 0 aliphatic heterocycles. The quantitative estimate of drug-likeness (QED) is 0.404. The van der Waals surface area contributed by atoms with Gasteiger partial charge in [-0.3, -0.25) is 0 Å². The molecular formula is C12H24O. The maximum atomic E-state index is 5.52. The van der Waals surface area contributed by atoms with Crippen LogP contribution in [0.2, 0.25) is 0 Å². The van der Waals surface area contributed by atoms with Gasteiger partial charge in [0.05, 0.1) is 12.4 Å². The smallest absolute Gasteiger partial charge is 0.0888 e. The maximum absolute atomic E-state index is 5.52. The standard InChI is InChI=1S/C12H24O/c1-4-6-7-8-9-11-13-12(3)10-5-2/h10H,4-9,11H2,1-3H3/b12-10+. The number of allylic oxidation sites excluding steroid dienone is 2. The second-order valence-electron chi connectivity index (χ2n) is 3.49. The van der Waals surface area contributed by atoms with Gasteiger partial charge in [0.25, 0.3) is 0 Å². The van der Waals surface area contributed by atoms with Gasteiger partial charge >= 0.3 is 0 Å². The SMILES string of the molecule is CC/C=C(\C)OCCCCCCC. The Kier molecular flexibility index (Phi) is 9.29. The number of rotatable bonds is 8. The molecule has 0 saturated heterocycles. The minimum Gasteiger partial charge on any atom is -0.499 e. The lowest BCUT2D eigenvalue weighted by molar-refractivity contribution is 0.206. The van der Waals surface area contributed by atoms with Gasteiger partial charge in [-0.1, -0.05) is 39.5 Å². The summed E-state index contributed by atoms with van der Waals surface area (Å²) in [4.78, 5) is 0. The largest absolute Gasteiger partial charge is 0.499 e. The third-order valence-corrected chi connectivity index (χ3v) is 2.07. The molecule has 0 aliphatic carbocycles. The van der Waals surface area contributed by atoms with Crippen LogP contribution < -0.4 is 0 Å².